The monoisotopic (exact) mass is 172 g/mol. The molecule has 72 valence electrons. The molecule has 1 aliphatic rings. The van der Waals surface area contributed by atoms with Gasteiger partial charge in [0.15, 0.2) is 0 Å². The highest BCUT2D eigenvalue weighted by molar-refractivity contribution is 4.81. The van der Waals surface area contributed by atoms with Crippen LogP contribution in [0.15, 0.2) is 0 Å². The molecule has 1 heterocycles. The molecule has 1 saturated heterocycles. The van der Waals surface area contributed by atoms with Crippen LogP contribution in [0.4, 0.5) is 0 Å². The summed E-state index contributed by atoms with van der Waals surface area (Å²) in [5, 5.41) is 0. The van der Waals surface area contributed by atoms with Crippen LogP contribution in [0.5, 0.6) is 0 Å². The molecule has 0 aliphatic carbocycles. The Labute approximate surface area is 74.9 Å². The Kier molecular flexibility index (Phi) is 4.58. The fraction of sp³-hybridized carbons (Fsp3) is 1.00. The Bertz CT molecular complexity index is 113. The first kappa shape index (κ1) is 9.96. The van der Waals surface area contributed by atoms with Gasteiger partial charge in [-0.3, -0.25) is 4.90 Å². The maximum absolute atomic E-state index is 5.64. The van der Waals surface area contributed by atoms with Gasteiger partial charge in [0.25, 0.3) is 0 Å². The molecule has 1 aliphatic heterocycles. The summed E-state index contributed by atoms with van der Waals surface area (Å²) in [7, 11) is 0. The summed E-state index contributed by atoms with van der Waals surface area (Å²) in [6, 6.07) is 0.417. The van der Waals surface area contributed by atoms with Gasteiger partial charge in [-0.2, -0.15) is 0 Å². The summed E-state index contributed by atoms with van der Waals surface area (Å²) in [6.07, 6.45) is 2.40. The lowest BCUT2D eigenvalue weighted by Gasteiger charge is -2.36. The number of hydrogen-bond donors (Lipinski definition) is 1. The van der Waals surface area contributed by atoms with Crippen LogP contribution >= 0.6 is 0 Å². The molecule has 0 radical (unpaired) electrons. The predicted octanol–water partition coefficient (Wildman–Crippen LogP) is 0.446. The van der Waals surface area contributed by atoms with E-state index in [0.29, 0.717) is 6.04 Å². The van der Waals surface area contributed by atoms with Gasteiger partial charge in [-0.25, -0.2) is 0 Å². The minimum absolute atomic E-state index is 0.417. The second-order valence-corrected chi connectivity index (χ2v) is 3.49. The third-order valence-corrected chi connectivity index (χ3v) is 2.18. The van der Waals surface area contributed by atoms with Gasteiger partial charge in [0, 0.05) is 32.3 Å². The first-order chi connectivity index (χ1) is 5.83. The van der Waals surface area contributed by atoms with Crippen molar-refractivity contribution in [2.45, 2.75) is 25.8 Å². The van der Waals surface area contributed by atoms with Crippen molar-refractivity contribution in [3.05, 3.63) is 0 Å². The van der Waals surface area contributed by atoms with Crippen LogP contribution in [0.1, 0.15) is 19.8 Å². The fourth-order valence-electron chi connectivity index (χ4n) is 1.33. The Morgan fingerprint density at radius 2 is 2.17 bits per heavy atom. The molecule has 12 heavy (non-hydrogen) atoms. The maximum atomic E-state index is 5.64. The number of hydrogen-bond acceptors (Lipinski definition) is 3. The fourth-order valence-corrected chi connectivity index (χ4v) is 1.33. The minimum Gasteiger partial charge on any atom is -0.380 e. The second-order valence-electron chi connectivity index (χ2n) is 3.49. The Morgan fingerprint density at radius 3 is 2.75 bits per heavy atom. The van der Waals surface area contributed by atoms with Crippen molar-refractivity contribution in [2.24, 2.45) is 5.73 Å². The molecule has 1 rings (SSSR count). The van der Waals surface area contributed by atoms with Crippen LogP contribution in [0.2, 0.25) is 0 Å². The normalized spacial score (nSPS) is 19.5. The minimum atomic E-state index is 0.417. The Hall–Kier alpha value is -0.120. The number of nitrogens with two attached hydrogens (primary N) is 1. The van der Waals surface area contributed by atoms with E-state index in [-0.39, 0.29) is 0 Å². The van der Waals surface area contributed by atoms with Gasteiger partial charge >= 0.3 is 0 Å². The second kappa shape index (κ2) is 5.51. The van der Waals surface area contributed by atoms with Gasteiger partial charge < -0.3 is 10.5 Å². The van der Waals surface area contributed by atoms with E-state index in [1.165, 1.54) is 12.8 Å². The number of unbranched alkanes of at least 4 members (excludes halogenated alkanes) is 1. The molecule has 1 fully saturated rings. The lowest BCUT2D eigenvalue weighted by atomic mass is 10.1. The summed E-state index contributed by atoms with van der Waals surface area (Å²) in [6.45, 7) is 7.12. The Morgan fingerprint density at radius 1 is 1.42 bits per heavy atom. The summed E-state index contributed by atoms with van der Waals surface area (Å²) >= 11 is 0. The van der Waals surface area contributed by atoms with Gasteiger partial charge in [0.2, 0.25) is 0 Å². The van der Waals surface area contributed by atoms with E-state index in [2.05, 4.69) is 11.8 Å². The van der Waals surface area contributed by atoms with Gasteiger partial charge in [-0.1, -0.05) is 13.3 Å². The van der Waals surface area contributed by atoms with E-state index in [9.17, 15) is 0 Å². The van der Waals surface area contributed by atoms with E-state index in [4.69, 9.17) is 10.5 Å². The molecule has 0 atom stereocenters. The van der Waals surface area contributed by atoms with Gasteiger partial charge in [0.05, 0.1) is 6.61 Å². The molecule has 3 nitrogen and oxygen atoms in total. The van der Waals surface area contributed by atoms with Crippen LogP contribution in [0, 0.1) is 0 Å². The molecule has 0 aromatic rings. The van der Waals surface area contributed by atoms with Crippen LogP contribution < -0.4 is 5.73 Å². The number of ether oxygens (including phenoxy) is 1. The molecule has 0 aromatic heterocycles. The molecular weight excluding hydrogens is 152 g/mol. The van der Waals surface area contributed by atoms with Crippen molar-refractivity contribution >= 4 is 0 Å². The van der Waals surface area contributed by atoms with Crippen LogP contribution in [-0.2, 0) is 4.74 Å². The van der Waals surface area contributed by atoms with E-state index < -0.39 is 0 Å². The first-order valence-corrected chi connectivity index (χ1v) is 4.88. The number of likely N-dealkylation sites (tertiary alicyclic amines) is 1. The van der Waals surface area contributed by atoms with Crippen LogP contribution in [0.25, 0.3) is 0 Å². The standard InChI is InChI=1S/C9H20N2O/c1-2-3-5-12-6-4-11-7-9(10)8-11/h9H,2-8,10H2,1H3. The third kappa shape index (κ3) is 3.52. The lowest BCUT2D eigenvalue weighted by Crippen LogP contribution is -2.56. The quantitative estimate of drug-likeness (QED) is 0.591. The van der Waals surface area contributed by atoms with Gasteiger partial charge in [0.1, 0.15) is 0 Å². The van der Waals surface area contributed by atoms with Crippen molar-refractivity contribution in [3.8, 4) is 0 Å². The average Bonchev–Trinajstić information content (AvgIpc) is 2.00. The lowest BCUT2D eigenvalue weighted by molar-refractivity contribution is 0.0699. The Balaban J connectivity index is 1.77. The topological polar surface area (TPSA) is 38.5 Å². The molecule has 0 saturated carbocycles. The molecule has 0 bridgehead atoms. The first-order valence-electron chi connectivity index (χ1n) is 4.88. The van der Waals surface area contributed by atoms with E-state index in [0.717, 1.165) is 32.8 Å². The molecule has 0 spiro atoms. The highest BCUT2D eigenvalue weighted by atomic mass is 16.5. The maximum Gasteiger partial charge on any atom is 0.0593 e. The van der Waals surface area contributed by atoms with Crippen molar-refractivity contribution in [3.63, 3.8) is 0 Å². The summed E-state index contributed by atoms with van der Waals surface area (Å²) in [5.41, 5.74) is 5.64. The van der Waals surface area contributed by atoms with Crippen molar-refractivity contribution in [1.82, 2.24) is 4.90 Å². The van der Waals surface area contributed by atoms with Gasteiger partial charge in [-0.15, -0.1) is 0 Å². The van der Waals surface area contributed by atoms with E-state index in [1.54, 1.807) is 0 Å². The molecule has 0 unspecified atom stereocenters. The molecule has 0 amide bonds. The zero-order valence-electron chi connectivity index (χ0n) is 7.96. The van der Waals surface area contributed by atoms with Crippen molar-refractivity contribution < 1.29 is 4.74 Å². The molecule has 3 heteroatoms. The zero-order valence-corrected chi connectivity index (χ0v) is 7.96. The predicted molar refractivity (Wildman–Crippen MR) is 50.1 cm³/mol. The highest BCUT2D eigenvalue weighted by Crippen LogP contribution is 2.03. The largest absolute Gasteiger partial charge is 0.380 e. The number of nitrogens with zero attached hydrogens (tertiary/aromatic N) is 1. The average molecular weight is 172 g/mol. The highest BCUT2D eigenvalue weighted by Gasteiger charge is 2.21. The van der Waals surface area contributed by atoms with Crippen molar-refractivity contribution in [2.75, 3.05) is 32.8 Å². The smallest absolute Gasteiger partial charge is 0.0593 e. The summed E-state index contributed by atoms with van der Waals surface area (Å²) in [5.74, 6) is 0. The number of rotatable bonds is 6. The molecular formula is C9H20N2O. The summed E-state index contributed by atoms with van der Waals surface area (Å²) in [4.78, 5) is 2.33. The van der Waals surface area contributed by atoms with Crippen molar-refractivity contribution in [1.29, 1.82) is 0 Å². The van der Waals surface area contributed by atoms with Gasteiger partial charge in [-0.05, 0) is 6.42 Å². The summed E-state index contributed by atoms with van der Waals surface area (Å²) < 4.78 is 5.43. The van der Waals surface area contributed by atoms with E-state index >= 15 is 0 Å². The zero-order chi connectivity index (χ0) is 8.81. The molecule has 0 aromatic carbocycles. The molecule has 2 N–H and O–H groups in total. The third-order valence-electron chi connectivity index (χ3n) is 2.18. The van der Waals surface area contributed by atoms with E-state index in [1.807, 2.05) is 0 Å². The SMILES string of the molecule is CCCCOCCN1CC(N)C1. The van der Waals surface area contributed by atoms with Crippen LogP contribution in [0.3, 0.4) is 0 Å². The van der Waals surface area contributed by atoms with Crippen LogP contribution in [-0.4, -0.2) is 43.8 Å².